The third kappa shape index (κ3) is 4.02. The molecule has 4 nitrogen and oxygen atoms in total. The molecule has 116 valence electrons. The second-order valence-corrected chi connectivity index (χ2v) is 5.85. The number of thioether (sulfide) groups is 1. The van der Waals surface area contributed by atoms with Gasteiger partial charge in [-0.15, -0.1) is 11.8 Å². The first-order valence-corrected chi connectivity index (χ1v) is 8.41. The van der Waals surface area contributed by atoms with Gasteiger partial charge in [-0.2, -0.15) is 0 Å². The van der Waals surface area contributed by atoms with Crippen LogP contribution in [-0.2, 0) is 11.2 Å². The second-order valence-electron chi connectivity index (χ2n) is 4.97. The Morgan fingerprint density at radius 2 is 2.00 bits per heavy atom. The molecule has 3 rings (SSSR count). The van der Waals surface area contributed by atoms with Crippen molar-refractivity contribution in [3.05, 3.63) is 66.6 Å². The number of nitrogens with zero attached hydrogens (tertiary/aromatic N) is 1. The maximum atomic E-state index is 12.1. The Morgan fingerprint density at radius 3 is 2.78 bits per heavy atom. The summed E-state index contributed by atoms with van der Waals surface area (Å²) in [4.78, 5) is 17.6. The molecule has 3 aromatic rings. The van der Waals surface area contributed by atoms with E-state index in [1.807, 2.05) is 60.9 Å². The molecule has 0 aliphatic carbocycles. The predicted octanol–water partition coefficient (Wildman–Crippen LogP) is 4.24. The minimum atomic E-state index is -0.115. The molecule has 0 spiro atoms. The molecule has 1 N–H and O–H groups in total. The monoisotopic (exact) mass is 324 g/mol. The summed E-state index contributed by atoms with van der Waals surface area (Å²) in [5.41, 5.74) is 2.29. The topological polar surface area (TPSA) is 55.1 Å². The molecule has 0 radical (unpaired) electrons. The Labute approximate surface area is 138 Å². The SMILES string of the molecule is CSc1cccc(NC(=O)Cc2coc(-c3ccccc3)n2)c1. The van der Waals surface area contributed by atoms with Gasteiger partial charge >= 0.3 is 0 Å². The van der Waals surface area contributed by atoms with E-state index < -0.39 is 0 Å². The summed E-state index contributed by atoms with van der Waals surface area (Å²) < 4.78 is 5.44. The highest BCUT2D eigenvalue weighted by atomic mass is 32.2. The van der Waals surface area contributed by atoms with Crippen molar-refractivity contribution in [2.45, 2.75) is 11.3 Å². The van der Waals surface area contributed by atoms with Gasteiger partial charge in [-0.3, -0.25) is 4.79 Å². The molecule has 1 heterocycles. The maximum absolute atomic E-state index is 12.1. The fraction of sp³-hybridized carbons (Fsp3) is 0.111. The summed E-state index contributed by atoms with van der Waals surface area (Å²) >= 11 is 1.64. The van der Waals surface area contributed by atoms with Crippen LogP contribution in [0.4, 0.5) is 5.69 Å². The summed E-state index contributed by atoms with van der Waals surface area (Å²) in [7, 11) is 0. The number of hydrogen-bond donors (Lipinski definition) is 1. The Morgan fingerprint density at radius 1 is 1.17 bits per heavy atom. The molecule has 1 aromatic heterocycles. The summed E-state index contributed by atoms with van der Waals surface area (Å²) in [6, 6.07) is 17.4. The smallest absolute Gasteiger partial charge is 0.230 e. The fourth-order valence-electron chi connectivity index (χ4n) is 2.17. The van der Waals surface area contributed by atoms with Gasteiger partial charge in [0.15, 0.2) is 0 Å². The largest absolute Gasteiger partial charge is 0.444 e. The minimum absolute atomic E-state index is 0.115. The van der Waals surface area contributed by atoms with Crippen molar-refractivity contribution < 1.29 is 9.21 Å². The molecule has 2 aromatic carbocycles. The molecule has 0 bridgehead atoms. The number of carbonyl (C=O) groups is 1. The molecule has 0 saturated carbocycles. The molecule has 0 aliphatic heterocycles. The molecule has 0 aliphatic rings. The van der Waals surface area contributed by atoms with Crippen molar-refractivity contribution in [1.29, 1.82) is 0 Å². The molecule has 0 atom stereocenters. The maximum Gasteiger partial charge on any atom is 0.230 e. The second kappa shape index (κ2) is 7.15. The van der Waals surface area contributed by atoms with Crippen LogP contribution in [0.15, 0.2) is 70.2 Å². The summed E-state index contributed by atoms with van der Waals surface area (Å²) in [6.45, 7) is 0. The molecule has 0 fully saturated rings. The van der Waals surface area contributed by atoms with Crippen LogP contribution in [0.5, 0.6) is 0 Å². The first-order chi connectivity index (χ1) is 11.2. The van der Waals surface area contributed by atoms with Crippen molar-refractivity contribution >= 4 is 23.4 Å². The lowest BCUT2D eigenvalue weighted by molar-refractivity contribution is -0.115. The third-order valence-corrected chi connectivity index (χ3v) is 3.99. The highest BCUT2D eigenvalue weighted by molar-refractivity contribution is 7.98. The first-order valence-electron chi connectivity index (χ1n) is 7.18. The summed E-state index contributed by atoms with van der Waals surface area (Å²) in [5.74, 6) is 0.411. The quantitative estimate of drug-likeness (QED) is 0.713. The van der Waals surface area contributed by atoms with Crippen molar-refractivity contribution in [2.24, 2.45) is 0 Å². The first kappa shape index (κ1) is 15.4. The number of benzene rings is 2. The number of nitrogens with one attached hydrogen (secondary N) is 1. The van der Waals surface area contributed by atoms with Crippen molar-refractivity contribution in [1.82, 2.24) is 4.98 Å². The molecule has 0 unspecified atom stereocenters. The van der Waals surface area contributed by atoms with Crippen LogP contribution in [0.2, 0.25) is 0 Å². The van der Waals surface area contributed by atoms with Gasteiger partial charge in [-0.25, -0.2) is 4.98 Å². The average molecular weight is 324 g/mol. The van der Waals surface area contributed by atoms with Gasteiger partial charge in [-0.05, 0) is 36.6 Å². The number of anilines is 1. The lowest BCUT2D eigenvalue weighted by Gasteiger charge is -2.05. The zero-order valence-electron chi connectivity index (χ0n) is 12.7. The van der Waals surface area contributed by atoms with E-state index in [4.69, 9.17) is 4.42 Å². The number of amides is 1. The van der Waals surface area contributed by atoms with Crippen LogP contribution in [0, 0.1) is 0 Å². The average Bonchev–Trinajstić information content (AvgIpc) is 3.04. The number of aromatic nitrogens is 1. The highest BCUT2D eigenvalue weighted by Crippen LogP contribution is 2.20. The summed E-state index contributed by atoms with van der Waals surface area (Å²) in [5, 5.41) is 2.88. The Balaban J connectivity index is 1.65. The predicted molar refractivity (Wildman–Crippen MR) is 92.5 cm³/mol. The standard InChI is InChI=1S/C18H16N2O2S/c1-23-16-9-5-8-14(10-16)19-17(21)11-15-12-22-18(20-15)13-6-3-2-4-7-13/h2-10,12H,11H2,1H3,(H,19,21). The van der Waals surface area contributed by atoms with Crippen molar-refractivity contribution in [3.63, 3.8) is 0 Å². The molecule has 0 saturated heterocycles. The van der Waals surface area contributed by atoms with Gasteiger partial charge in [0.1, 0.15) is 6.26 Å². The van der Waals surface area contributed by atoms with Crippen LogP contribution in [0.25, 0.3) is 11.5 Å². The van der Waals surface area contributed by atoms with E-state index in [0.29, 0.717) is 11.6 Å². The van der Waals surface area contributed by atoms with E-state index in [9.17, 15) is 4.79 Å². The zero-order valence-corrected chi connectivity index (χ0v) is 13.5. The number of carbonyl (C=O) groups excluding carboxylic acids is 1. The van der Waals surface area contributed by atoms with Gasteiger partial charge in [0.2, 0.25) is 11.8 Å². The molecule has 23 heavy (non-hydrogen) atoms. The Kier molecular flexibility index (Phi) is 4.78. The van der Waals surface area contributed by atoms with E-state index in [2.05, 4.69) is 10.3 Å². The number of oxazole rings is 1. The number of rotatable bonds is 5. The van der Waals surface area contributed by atoms with Gasteiger partial charge in [0, 0.05) is 16.1 Å². The fourth-order valence-corrected chi connectivity index (χ4v) is 2.63. The van der Waals surface area contributed by atoms with Crippen LogP contribution in [0.1, 0.15) is 5.69 Å². The molecule has 5 heteroatoms. The molecular formula is C18H16N2O2S. The van der Waals surface area contributed by atoms with Crippen LogP contribution < -0.4 is 5.32 Å². The molecule has 1 amide bonds. The Bertz CT molecular complexity index is 800. The van der Waals surface area contributed by atoms with Crippen LogP contribution >= 0.6 is 11.8 Å². The van der Waals surface area contributed by atoms with E-state index in [0.717, 1.165) is 16.1 Å². The van der Waals surface area contributed by atoms with Crippen molar-refractivity contribution in [2.75, 3.05) is 11.6 Å². The van der Waals surface area contributed by atoms with E-state index in [1.54, 1.807) is 11.8 Å². The minimum Gasteiger partial charge on any atom is -0.444 e. The normalized spacial score (nSPS) is 10.5. The van der Waals surface area contributed by atoms with E-state index >= 15 is 0 Å². The van der Waals surface area contributed by atoms with Crippen LogP contribution in [-0.4, -0.2) is 17.1 Å². The lowest BCUT2D eigenvalue weighted by atomic mass is 10.2. The van der Waals surface area contributed by atoms with Crippen molar-refractivity contribution in [3.8, 4) is 11.5 Å². The summed E-state index contributed by atoms with van der Waals surface area (Å²) in [6.07, 6.45) is 3.71. The van der Waals surface area contributed by atoms with Crippen LogP contribution in [0.3, 0.4) is 0 Å². The van der Waals surface area contributed by atoms with Gasteiger partial charge in [-0.1, -0.05) is 24.3 Å². The molecular weight excluding hydrogens is 308 g/mol. The van der Waals surface area contributed by atoms with E-state index in [-0.39, 0.29) is 12.3 Å². The van der Waals surface area contributed by atoms with Gasteiger partial charge in [0.05, 0.1) is 12.1 Å². The van der Waals surface area contributed by atoms with Gasteiger partial charge in [0.25, 0.3) is 0 Å². The highest BCUT2D eigenvalue weighted by Gasteiger charge is 2.10. The zero-order chi connectivity index (χ0) is 16.1. The lowest BCUT2D eigenvalue weighted by Crippen LogP contribution is -2.14. The number of hydrogen-bond acceptors (Lipinski definition) is 4. The van der Waals surface area contributed by atoms with E-state index in [1.165, 1.54) is 6.26 Å². The van der Waals surface area contributed by atoms with Gasteiger partial charge < -0.3 is 9.73 Å². The Hall–Kier alpha value is -2.53. The third-order valence-electron chi connectivity index (χ3n) is 3.27.